The summed E-state index contributed by atoms with van der Waals surface area (Å²) in [4.78, 5) is 16.4. The van der Waals surface area contributed by atoms with Gasteiger partial charge in [0.25, 0.3) is 0 Å². The zero-order chi connectivity index (χ0) is 27.1. The van der Waals surface area contributed by atoms with Gasteiger partial charge in [-0.05, 0) is 91.3 Å². The van der Waals surface area contributed by atoms with E-state index in [9.17, 15) is 13.2 Å². The van der Waals surface area contributed by atoms with Gasteiger partial charge in [-0.25, -0.2) is 8.42 Å². The Bertz CT molecular complexity index is 1730. The lowest BCUT2D eigenvalue weighted by Crippen LogP contribution is -2.28. The highest BCUT2D eigenvalue weighted by Crippen LogP contribution is 2.39. The van der Waals surface area contributed by atoms with E-state index in [2.05, 4.69) is 35.3 Å². The number of hydrogen-bond donors (Lipinski definition) is 0. The molecule has 0 unspecified atom stereocenters. The van der Waals surface area contributed by atoms with Crippen molar-refractivity contribution >= 4 is 37.7 Å². The highest BCUT2D eigenvalue weighted by atomic mass is 32.2. The molecule has 192 valence electrons. The average molecular weight is 522 g/mol. The average Bonchev–Trinajstić information content (AvgIpc) is 2.92. The summed E-state index contributed by atoms with van der Waals surface area (Å²) in [6.07, 6.45) is 9.31. The van der Waals surface area contributed by atoms with Gasteiger partial charge in [-0.2, -0.15) is 0 Å². The third-order valence-corrected chi connectivity index (χ3v) is 9.71. The third kappa shape index (κ3) is 4.74. The minimum Gasteiger partial charge on any atom is -0.295 e. The Labute approximate surface area is 224 Å². The third-order valence-electron chi connectivity index (χ3n) is 7.62. The molecule has 5 heteroatoms. The number of Topliss-reactive ketones (excluding diaryl/α,β-unsaturated/α-hetero) is 1. The number of nitrogens with zero attached hydrogens (tertiary/aromatic N) is 1. The molecule has 0 bridgehead atoms. The minimum atomic E-state index is -3.35. The molecule has 38 heavy (non-hydrogen) atoms. The molecule has 1 heterocycles. The van der Waals surface area contributed by atoms with E-state index in [0.717, 1.165) is 57.1 Å². The molecular formula is C33H31NO3S. The standard InChI is InChI=1S/C33H31NO3S/c1-22(35)23-14-16-24(17-15-23)29-12-5-6-13-30(29)25-9-7-10-26(19-25)31-21-28(33(2,3)38(4,36)37)20-27-11-8-18-34-32(27)31/h6-11,13-21H,5,12H2,1-4H3. The van der Waals surface area contributed by atoms with Crippen molar-refractivity contribution in [1.29, 1.82) is 0 Å². The van der Waals surface area contributed by atoms with Crippen LogP contribution in [0.3, 0.4) is 0 Å². The molecule has 0 aliphatic heterocycles. The Hall–Kier alpha value is -3.83. The van der Waals surface area contributed by atoms with Crippen LogP contribution in [0, 0.1) is 0 Å². The number of fused-ring (bicyclic) bond motifs is 1. The molecule has 1 aromatic heterocycles. The van der Waals surface area contributed by atoms with Crippen LogP contribution in [0.4, 0.5) is 0 Å². The lowest BCUT2D eigenvalue weighted by atomic mass is 9.86. The van der Waals surface area contributed by atoms with Crippen LogP contribution < -0.4 is 0 Å². The maximum atomic E-state index is 12.7. The molecule has 0 spiro atoms. The van der Waals surface area contributed by atoms with Gasteiger partial charge in [-0.1, -0.05) is 60.7 Å². The number of ketones is 1. The number of benzene rings is 3. The molecule has 0 fully saturated rings. The van der Waals surface area contributed by atoms with Crippen LogP contribution in [0.5, 0.6) is 0 Å². The SMILES string of the molecule is CC(=O)c1ccc(C2=C(c3cccc(-c4cc(C(C)(C)S(C)(=O)=O)cc5cccnc45)c3)C=CCC2)cc1. The molecule has 0 atom stereocenters. The molecule has 0 saturated carbocycles. The summed E-state index contributed by atoms with van der Waals surface area (Å²) in [5.41, 5.74) is 8.77. The van der Waals surface area contributed by atoms with E-state index in [-0.39, 0.29) is 5.78 Å². The monoisotopic (exact) mass is 521 g/mol. The number of allylic oxidation sites excluding steroid dienone is 4. The number of rotatable bonds is 6. The Morgan fingerprint density at radius 3 is 2.34 bits per heavy atom. The van der Waals surface area contributed by atoms with E-state index in [1.54, 1.807) is 27.0 Å². The van der Waals surface area contributed by atoms with E-state index in [0.29, 0.717) is 5.56 Å². The number of pyridine rings is 1. The van der Waals surface area contributed by atoms with Crippen LogP contribution in [0.25, 0.3) is 33.2 Å². The fraction of sp³-hybridized carbons (Fsp3) is 0.212. The maximum Gasteiger partial charge on any atom is 0.159 e. The summed E-state index contributed by atoms with van der Waals surface area (Å²) in [7, 11) is -3.35. The van der Waals surface area contributed by atoms with Gasteiger partial charge in [0.15, 0.2) is 15.6 Å². The number of carbonyl (C=O) groups is 1. The Balaban J connectivity index is 1.68. The van der Waals surface area contributed by atoms with E-state index < -0.39 is 14.6 Å². The van der Waals surface area contributed by atoms with Crippen molar-refractivity contribution in [2.45, 2.75) is 38.4 Å². The normalized spacial score (nSPS) is 14.2. The predicted octanol–water partition coefficient (Wildman–Crippen LogP) is 7.64. The molecule has 4 nitrogen and oxygen atoms in total. The zero-order valence-corrected chi connectivity index (χ0v) is 23.0. The van der Waals surface area contributed by atoms with Crippen LogP contribution in [-0.2, 0) is 14.6 Å². The first-order valence-corrected chi connectivity index (χ1v) is 14.7. The van der Waals surface area contributed by atoms with Gasteiger partial charge in [0.05, 0.1) is 10.3 Å². The molecular weight excluding hydrogens is 490 g/mol. The van der Waals surface area contributed by atoms with Crippen LogP contribution in [0.2, 0.25) is 0 Å². The van der Waals surface area contributed by atoms with Gasteiger partial charge in [0.1, 0.15) is 0 Å². The topological polar surface area (TPSA) is 64.1 Å². The summed E-state index contributed by atoms with van der Waals surface area (Å²) in [6.45, 7) is 5.09. The summed E-state index contributed by atoms with van der Waals surface area (Å²) in [5, 5.41) is 0.908. The van der Waals surface area contributed by atoms with Crippen molar-refractivity contribution in [3.8, 4) is 11.1 Å². The molecule has 1 aliphatic rings. The first kappa shape index (κ1) is 25.8. The molecule has 0 radical (unpaired) electrons. The molecule has 0 amide bonds. The molecule has 0 saturated heterocycles. The Kier molecular flexibility index (Phi) is 6.66. The number of sulfone groups is 1. The summed E-state index contributed by atoms with van der Waals surface area (Å²) < 4.78 is 24.3. The maximum absolute atomic E-state index is 12.7. The molecule has 4 aromatic rings. The lowest BCUT2D eigenvalue weighted by molar-refractivity contribution is 0.101. The zero-order valence-electron chi connectivity index (χ0n) is 22.2. The van der Waals surface area contributed by atoms with Crippen LogP contribution in [-0.4, -0.2) is 25.4 Å². The largest absolute Gasteiger partial charge is 0.295 e. The van der Waals surface area contributed by atoms with E-state index in [4.69, 9.17) is 0 Å². The van der Waals surface area contributed by atoms with Crippen molar-refractivity contribution in [2.24, 2.45) is 0 Å². The van der Waals surface area contributed by atoms with Gasteiger partial charge in [-0.15, -0.1) is 0 Å². The van der Waals surface area contributed by atoms with Crippen molar-refractivity contribution < 1.29 is 13.2 Å². The van der Waals surface area contributed by atoms with Crippen molar-refractivity contribution in [1.82, 2.24) is 4.98 Å². The van der Waals surface area contributed by atoms with Gasteiger partial charge in [-0.3, -0.25) is 9.78 Å². The second kappa shape index (κ2) is 9.80. The summed E-state index contributed by atoms with van der Waals surface area (Å²) >= 11 is 0. The summed E-state index contributed by atoms with van der Waals surface area (Å²) in [6, 6.07) is 24.0. The number of carbonyl (C=O) groups excluding carboxylic acids is 1. The van der Waals surface area contributed by atoms with Gasteiger partial charge in [0.2, 0.25) is 0 Å². The first-order valence-electron chi connectivity index (χ1n) is 12.8. The van der Waals surface area contributed by atoms with Gasteiger partial charge in [0, 0.05) is 29.0 Å². The fourth-order valence-electron chi connectivity index (χ4n) is 4.97. The fourth-order valence-corrected chi connectivity index (χ4v) is 5.51. The second-order valence-corrected chi connectivity index (χ2v) is 13.0. The molecule has 0 N–H and O–H groups in total. The predicted molar refractivity (Wildman–Crippen MR) is 157 cm³/mol. The van der Waals surface area contributed by atoms with Gasteiger partial charge < -0.3 is 0 Å². The lowest BCUT2D eigenvalue weighted by Gasteiger charge is -2.24. The molecule has 3 aromatic carbocycles. The quantitative estimate of drug-likeness (QED) is 0.245. The first-order chi connectivity index (χ1) is 18.1. The van der Waals surface area contributed by atoms with Crippen molar-refractivity contribution in [3.63, 3.8) is 0 Å². The second-order valence-electron chi connectivity index (χ2n) is 10.4. The van der Waals surface area contributed by atoms with E-state index in [1.165, 1.54) is 11.8 Å². The number of hydrogen-bond acceptors (Lipinski definition) is 4. The van der Waals surface area contributed by atoms with E-state index >= 15 is 0 Å². The molecule has 5 rings (SSSR count). The highest BCUT2D eigenvalue weighted by molar-refractivity contribution is 7.91. The van der Waals surface area contributed by atoms with Crippen LogP contribution in [0.15, 0.2) is 91.1 Å². The Morgan fingerprint density at radius 2 is 1.63 bits per heavy atom. The Morgan fingerprint density at radius 1 is 0.895 bits per heavy atom. The highest BCUT2D eigenvalue weighted by Gasteiger charge is 2.33. The van der Waals surface area contributed by atoms with Crippen LogP contribution >= 0.6 is 0 Å². The van der Waals surface area contributed by atoms with Crippen molar-refractivity contribution in [3.05, 3.63) is 113 Å². The van der Waals surface area contributed by atoms with Crippen molar-refractivity contribution in [2.75, 3.05) is 6.26 Å². The summed E-state index contributed by atoms with van der Waals surface area (Å²) in [5.74, 6) is 0.0594. The minimum absolute atomic E-state index is 0.0594. The van der Waals surface area contributed by atoms with Gasteiger partial charge >= 0.3 is 0 Å². The number of aromatic nitrogens is 1. The van der Waals surface area contributed by atoms with Crippen LogP contribution in [0.1, 0.15) is 60.7 Å². The van der Waals surface area contributed by atoms with E-state index in [1.807, 2.05) is 54.6 Å². The molecule has 1 aliphatic carbocycles. The smallest absolute Gasteiger partial charge is 0.159 e.